The zero-order valence-corrected chi connectivity index (χ0v) is 10.2. The van der Waals surface area contributed by atoms with Crippen molar-refractivity contribution in [1.82, 2.24) is 0 Å². The van der Waals surface area contributed by atoms with Gasteiger partial charge in [0, 0.05) is 5.70 Å². The molecule has 0 spiro atoms. The average Bonchev–Trinajstić information content (AvgIpc) is 2.49. The van der Waals surface area contributed by atoms with E-state index in [4.69, 9.17) is 5.73 Å². The van der Waals surface area contributed by atoms with E-state index in [2.05, 4.69) is 44.2 Å². The summed E-state index contributed by atoms with van der Waals surface area (Å²) in [5, 5.41) is 0. The Morgan fingerprint density at radius 3 is 2.69 bits per heavy atom. The molecule has 0 aliphatic heterocycles. The second kappa shape index (κ2) is 3.82. The summed E-state index contributed by atoms with van der Waals surface area (Å²) in [4.78, 5) is 0. The van der Waals surface area contributed by atoms with Crippen molar-refractivity contribution in [3.8, 4) is 0 Å². The maximum atomic E-state index is 5.67. The molecule has 0 saturated heterocycles. The van der Waals surface area contributed by atoms with E-state index in [0.29, 0.717) is 0 Å². The lowest BCUT2D eigenvalue weighted by Gasteiger charge is -2.17. The van der Waals surface area contributed by atoms with Crippen LogP contribution >= 0.6 is 0 Å². The third kappa shape index (κ3) is 1.90. The molecule has 0 bridgehead atoms. The van der Waals surface area contributed by atoms with E-state index in [-0.39, 0.29) is 5.41 Å². The predicted octanol–water partition coefficient (Wildman–Crippen LogP) is 3.61. The van der Waals surface area contributed by atoms with Crippen LogP contribution in [0.4, 0.5) is 0 Å². The zero-order valence-electron chi connectivity index (χ0n) is 10.2. The minimum absolute atomic E-state index is 0.249. The number of nitrogens with two attached hydrogens (primary N) is 1. The average molecular weight is 213 g/mol. The van der Waals surface area contributed by atoms with Crippen molar-refractivity contribution in [3.63, 3.8) is 0 Å². The van der Waals surface area contributed by atoms with Crippen molar-refractivity contribution in [2.75, 3.05) is 0 Å². The topological polar surface area (TPSA) is 26.0 Å². The standard InChI is InChI=1S/C15H19N/c1-11(16)8-9-12-10-15(2,3)14-7-5-4-6-13(12)14/h4-9H,10,16H2,1-3H3/b11-8+,12-9+. The van der Waals surface area contributed by atoms with E-state index in [1.54, 1.807) is 0 Å². The van der Waals surface area contributed by atoms with Gasteiger partial charge in [0.15, 0.2) is 0 Å². The van der Waals surface area contributed by atoms with Crippen LogP contribution in [0.25, 0.3) is 5.57 Å². The van der Waals surface area contributed by atoms with Crippen molar-refractivity contribution in [3.05, 3.63) is 53.2 Å². The lowest BCUT2D eigenvalue weighted by molar-refractivity contribution is 0.563. The summed E-state index contributed by atoms with van der Waals surface area (Å²) in [6, 6.07) is 8.66. The van der Waals surface area contributed by atoms with E-state index >= 15 is 0 Å². The normalized spacial score (nSPS) is 21.2. The van der Waals surface area contributed by atoms with Gasteiger partial charge in [-0.1, -0.05) is 44.2 Å². The Hall–Kier alpha value is -1.50. The molecule has 0 unspecified atom stereocenters. The molecule has 1 aliphatic rings. The lowest BCUT2D eigenvalue weighted by Crippen LogP contribution is -2.11. The van der Waals surface area contributed by atoms with E-state index in [9.17, 15) is 0 Å². The molecule has 1 aliphatic carbocycles. The Kier molecular flexibility index (Phi) is 2.63. The van der Waals surface area contributed by atoms with E-state index in [1.165, 1.54) is 16.7 Å². The SMILES string of the molecule is C/C(N)=C\C=C1/CC(C)(C)c2ccccc21. The smallest absolute Gasteiger partial charge is 0.00489 e. The van der Waals surface area contributed by atoms with E-state index in [1.807, 2.05) is 13.0 Å². The van der Waals surface area contributed by atoms with Gasteiger partial charge in [0.25, 0.3) is 0 Å². The molecule has 2 rings (SSSR count). The number of hydrogen-bond donors (Lipinski definition) is 1. The molecule has 0 aromatic heterocycles. The first kappa shape index (κ1) is 11.0. The minimum atomic E-state index is 0.249. The van der Waals surface area contributed by atoms with Gasteiger partial charge in [0.1, 0.15) is 0 Å². The number of rotatable bonds is 1. The Morgan fingerprint density at radius 1 is 1.31 bits per heavy atom. The van der Waals surface area contributed by atoms with Crippen molar-refractivity contribution in [2.24, 2.45) is 5.73 Å². The van der Waals surface area contributed by atoms with Crippen LogP contribution in [-0.4, -0.2) is 0 Å². The molecule has 1 aromatic rings. The fraction of sp³-hybridized carbons (Fsp3) is 0.333. The number of fused-ring (bicyclic) bond motifs is 1. The molecule has 1 aromatic carbocycles. The van der Waals surface area contributed by atoms with Gasteiger partial charge in [0.2, 0.25) is 0 Å². The zero-order chi connectivity index (χ0) is 11.8. The van der Waals surface area contributed by atoms with Gasteiger partial charge in [-0.2, -0.15) is 0 Å². The Morgan fingerprint density at radius 2 is 2.00 bits per heavy atom. The Labute approximate surface area is 97.7 Å². The van der Waals surface area contributed by atoms with Crippen LogP contribution in [0.15, 0.2) is 42.1 Å². The highest BCUT2D eigenvalue weighted by atomic mass is 14.5. The quantitative estimate of drug-likeness (QED) is 0.757. The number of hydrogen-bond acceptors (Lipinski definition) is 1. The Bertz CT molecular complexity index is 460. The maximum Gasteiger partial charge on any atom is 0.00489 e. The summed E-state index contributed by atoms with van der Waals surface area (Å²) in [5.41, 5.74) is 11.0. The van der Waals surface area contributed by atoms with Crippen LogP contribution in [0.2, 0.25) is 0 Å². The van der Waals surface area contributed by atoms with Gasteiger partial charge in [-0.15, -0.1) is 0 Å². The summed E-state index contributed by atoms with van der Waals surface area (Å²) < 4.78 is 0. The number of benzene rings is 1. The molecule has 1 nitrogen and oxygen atoms in total. The summed E-state index contributed by atoms with van der Waals surface area (Å²) in [6.45, 7) is 6.51. The van der Waals surface area contributed by atoms with Gasteiger partial charge in [-0.25, -0.2) is 0 Å². The molecule has 2 N–H and O–H groups in total. The summed E-state index contributed by atoms with van der Waals surface area (Å²) in [6.07, 6.45) is 5.24. The van der Waals surface area contributed by atoms with Crippen LogP contribution in [0.3, 0.4) is 0 Å². The molecule has 0 saturated carbocycles. The second-order valence-corrected chi connectivity index (χ2v) is 5.21. The third-order valence-corrected chi connectivity index (χ3v) is 3.18. The summed E-state index contributed by atoms with van der Waals surface area (Å²) in [7, 11) is 0. The van der Waals surface area contributed by atoms with E-state index in [0.717, 1.165) is 12.1 Å². The van der Waals surface area contributed by atoms with Crippen LogP contribution in [0, 0.1) is 0 Å². The van der Waals surface area contributed by atoms with Crippen LogP contribution in [-0.2, 0) is 5.41 Å². The van der Waals surface area contributed by atoms with Crippen LogP contribution in [0.1, 0.15) is 38.3 Å². The Balaban J connectivity index is 2.49. The molecule has 84 valence electrons. The highest BCUT2D eigenvalue weighted by Crippen LogP contribution is 2.44. The molecule has 1 heteroatoms. The highest BCUT2D eigenvalue weighted by molar-refractivity contribution is 5.76. The van der Waals surface area contributed by atoms with Gasteiger partial charge in [0.05, 0.1) is 0 Å². The van der Waals surface area contributed by atoms with Gasteiger partial charge in [-0.05, 0) is 41.5 Å². The predicted molar refractivity (Wildman–Crippen MR) is 70.0 cm³/mol. The molecule has 0 amide bonds. The fourth-order valence-electron chi connectivity index (χ4n) is 2.40. The highest BCUT2D eigenvalue weighted by Gasteiger charge is 2.32. The first-order valence-electron chi connectivity index (χ1n) is 5.73. The maximum absolute atomic E-state index is 5.67. The lowest BCUT2D eigenvalue weighted by atomic mass is 9.86. The van der Waals surface area contributed by atoms with Crippen molar-refractivity contribution < 1.29 is 0 Å². The van der Waals surface area contributed by atoms with E-state index < -0.39 is 0 Å². The molecule has 0 heterocycles. The summed E-state index contributed by atoms with van der Waals surface area (Å²) in [5.74, 6) is 0. The molecule has 0 atom stereocenters. The van der Waals surface area contributed by atoms with Crippen molar-refractivity contribution >= 4 is 5.57 Å². The molecule has 0 radical (unpaired) electrons. The molecular formula is C15H19N. The first-order valence-corrected chi connectivity index (χ1v) is 5.73. The fourth-order valence-corrected chi connectivity index (χ4v) is 2.40. The van der Waals surface area contributed by atoms with Crippen LogP contribution < -0.4 is 5.73 Å². The largest absolute Gasteiger partial charge is 0.402 e. The van der Waals surface area contributed by atoms with Gasteiger partial charge in [-0.3, -0.25) is 0 Å². The minimum Gasteiger partial charge on any atom is -0.402 e. The monoisotopic (exact) mass is 213 g/mol. The van der Waals surface area contributed by atoms with Crippen LogP contribution in [0.5, 0.6) is 0 Å². The molecule has 16 heavy (non-hydrogen) atoms. The van der Waals surface area contributed by atoms with Crippen molar-refractivity contribution in [1.29, 1.82) is 0 Å². The number of allylic oxidation sites excluding steroid dienone is 4. The molecule has 0 fully saturated rings. The third-order valence-electron chi connectivity index (χ3n) is 3.18. The molecular weight excluding hydrogens is 194 g/mol. The second-order valence-electron chi connectivity index (χ2n) is 5.21. The summed E-state index contributed by atoms with van der Waals surface area (Å²) >= 11 is 0. The van der Waals surface area contributed by atoms with Gasteiger partial charge < -0.3 is 5.73 Å². The first-order chi connectivity index (χ1) is 7.50. The van der Waals surface area contributed by atoms with Gasteiger partial charge >= 0.3 is 0 Å². The van der Waals surface area contributed by atoms with Crippen molar-refractivity contribution in [2.45, 2.75) is 32.6 Å².